The number of rotatable bonds is 5. The Labute approximate surface area is 312 Å². The molecule has 0 spiro atoms. The lowest BCUT2D eigenvalue weighted by molar-refractivity contribution is 0.669. The van der Waals surface area contributed by atoms with E-state index in [2.05, 4.69) is 193 Å². The van der Waals surface area contributed by atoms with Crippen LogP contribution in [0.25, 0.3) is 87.3 Å². The zero-order valence-electron chi connectivity index (χ0n) is 29.4. The highest BCUT2D eigenvalue weighted by Gasteiger charge is 2.18. The van der Waals surface area contributed by atoms with Gasteiger partial charge in [-0.2, -0.15) is 0 Å². The second kappa shape index (κ2) is 12.2. The number of hydrogen-bond donors (Lipinski definition) is 0. The summed E-state index contributed by atoms with van der Waals surface area (Å²) in [5, 5.41) is 12.2. The summed E-state index contributed by atoms with van der Waals surface area (Å²) in [6.07, 6.45) is 0. The van der Waals surface area contributed by atoms with Crippen LogP contribution in [0, 0.1) is 0 Å². The summed E-state index contributed by atoms with van der Waals surface area (Å²) >= 11 is 0. The lowest BCUT2D eigenvalue weighted by Crippen LogP contribution is -2.10. The van der Waals surface area contributed by atoms with Crippen molar-refractivity contribution in [2.45, 2.75) is 0 Å². The van der Waals surface area contributed by atoms with Gasteiger partial charge < -0.3 is 9.32 Å². The molecule has 54 heavy (non-hydrogen) atoms. The number of para-hydroxylation sites is 1. The standard InChI is InChI=1S/C52H33NO/c1-2-10-34(11-3-1)35-20-26-40(27-21-35)53(49-18-9-14-39-32-48-45-16-6-7-19-50(45)54-51(48)33-47(39)49)41-28-22-37(23-29-41)43-17-8-13-38-25-30-44-42-15-5-4-12-36(42)24-31-46(44)52(38)43/h1-33H. The van der Waals surface area contributed by atoms with Crippen LogP contribution in [0.2, 0.25) is 0 Å². The molecule has 252 valence electrons. The fraction of sp³-hybridized carbons (Fsp3) is 0. The molecule has 0 saturated heterocycles. The average molecular weight is 688 g/mol. The van der Waals surface area contributed by atoms with Crippen LogP contribution in [0.4, 0.5) is 17.1 Å². The van der Waals surface area contributed by atoms with Gasteiger partial charge in [0.15, 0.2) is 0 Å². The molecule has 0 unspecified atom stereocenters. The van der Waals surface area contributed by atoms with Crippen molar-refractivity contribution in [3.63, 3.8) is 0 Å². The van der Waals surface area contributed by atoms with Gasteiger partial charge in [-0.3, -0.25) is 0 Å². The Morgan fingerprint density at radius 1 is 0.315 bits per heavy atom. The van der Waals surface area contributed by atoms with Crippen LogP contribution < -0.4 is 4.90 Å². The minimum absolute atomic E-state index is 0.891. The van der Waals surface area contributed by atoms with Gasteiger partial charge in [0.2, 0.25) is 0 Å². The third-order valence-corrected chi connectivity index (χ3v) is 11.0. The molecule has 0 amide bonds. The number of anilines is 3. The first kappa shape index (κ1) is 30.5. The van der Waals surface area contributed by atoms with E-state index in [-0.39, 0.29) is 0 Å². The van der Waals surface area contributed by atoms with Crippen LogP contribution in [-0.4, -0.2) is 0 Å². The molecule has 0 saturated carbocycles. The summed E-state index contributed by atoms with van der Waals surface area (Å²) in [6, 6.07) is 72.3. The highest BCUT2D eigenvalue weighted by atomic mass is 16.3. The fourth-order valence-electron chi connectivity index (χ4n) is 8.44. The SMILES string of the molecule is c1ccc(-c2ccc(N(c3ccc(-c4cccc5ccc6c7ccccc7ccc6c45)cc3)c3cccc4cc5c(cc34)oc3ccccc35)cc2)cc1. The minimum atomic E-state index is 0.891. The third-order valence-electron chi connectivity index (χ3n) is 11.0. The van der Waals surface area contributed by atoms with E-state index < -0.39 is 0 Å². The first-order valence-electron chi connectivity index (χ1n) is 18.5. The molecule has 0 N–H and O–H groups in total. The summed E-state index contributed by atoms with van der Waals surface area (Å²) in [5.74, 6) is 0. The molecular formula is C52H33NO. The average Bonchev–Trinajstić information content (AvgIpc) is 3.61. The van der Waals surface area contributed by atoms with Crippen molar-refractivity contribution >= 4 is 82.1 Å². The molecule has 0 radical (unpaired) electrons. The van der Waals surface area contributed by atoms with Crippen molar-refractivity contribution in [2.24, 2.45) is 0 Å². The number of furan rings is 1. The van der Waals surface area contributed by atoms with Crippen molar-refractivity contribution in [2.75, 3.05) is 4.90 Å². The first-order valence-corrected chi connectivity index (χ1v) is 18.5. The highest BCUT2D eigenvalue weighted by molar-refractivity contribution is 6.21. The molecular weight excluding hydrogens is 655 g/mol. The molecule has 2 heteroatoms. The van der Waals surface area contributed by atoms with E-state index in [1.807, 2.05) is 12.1 Å². The predicted molar refractivity (Wildman–Crippen MR) is 229 cm³/mol. The maximum absolute atomic E-state index is 6.41. The molecule has 0 aliphatic carbocycles. The minimum Gasteiger partial charge on any atom is -0.456 e. The quantitative estimate of drug-likeness (QED) is 0.168. The molecule has 1 heterocycles. The number of hydrogen-bond acceptors (Lipinski definition) is 2. The van der Waals surface area contributed by atoms with Gasteiger partial charge in [0.05, 0.1) is 5.69 Å². The summed E-state index contributed by atoms with van der Waals surface area (Å²) in [7, 11) is 0. The van der Waals surface area contributed by atoms with Gasteiger partial charge >= 0.3 is 0 Å². The number of nitrogens with zero attached hydrogens (tertiary/aromatic N) is 1. The summed E-state index contributed by atoms with van der Waals surface area (Å²) < 4.78 is 6.41. The van der Waals surface area contributed by atoms with Crippen LogP contribution in [0.15, 0.2) is 205 Å². The third kappa shape index (κ3) is 4.88. The van der Waals surface area contributed by atoms with E-state index in [0.29, 0.717) is 0 Å². The Morgan fingerprint density at radius 3 is 1.78 bits per heavy atom. The second-order valence-electron chi connectivity index (χ2n) is 14.1. The van der Waals surface area contributed by atoms with E-state index in [1.165, 1.54) is 60.0 Å². The molecule has 0 atom stereocenters. The monoisotopic (exact) mass is 687 g/mol. The van der Waals surface area contributed by atoms with Gasteiger partial charge in [-0.25, -0.2) is 0 Å². The van der Waals surface area contributed by atoms with Crippen molar-refractivity contribution < 1.29 is 4.42 Å². The van der Waals surface area contributed by atoms with Crippen molar-refractivity contribution in [1.82, 2.24) is 0 Å². The van der Waals surface area contributed by atoms with Crippen LogP contribution >= 0.6 is 0 Å². The molecule has 11 rings (SSSR count). The maximum Gasteiger partial charge on any atom is 0.136 e. The molecule has 0 fully saturated rings. The molecule has 10 aromatic carbocycles. The lowest BCUT2D eigenvalue weighted by Gasteiger charge is -2.27. The zero-order chi connectivity index (χ0) is 35.6. The molecule has 2 nitrogen and oxygen atoms in total. The van der Waals surface area contributed by atoms with Gasteiger partial charge in [-0.15, -0.1) is 0 Å². The summed E-state index contributed by atoms with van der Waals surface area (Å²) in [5.41, 5.74) is 9.87. The number of fused-ring (bicyclic) bond motifs is 9. The smallest absolute Gasteiger partial charge is 0.136 e. The molecule has 0 aliphatic rings. The van der Waals surface area contributed by atoms with Crippen LogP contribution in [-0.2, 0) is 0 Å². The van der Waals surface area contributed by atoms with E-state index in [1.54, 1.807) is 0 Å². The van der Waals surface area contributed by atoms with Gasteiger partial charge in [0.25, 0.3) is 0 Å². The largest absolute Gasteiger partial charge is 0.456 e. The van der Waals surface area contributed by atoms with E-state index >= 15 is 0 Å². The molecule has 1 aromatic heterocycles. The van der Waals surface area contributed by atoms with E-state index in [4.69, 9.17) is 4.42 Å². The van der Waals surface area contributed by atoms with Crippen LogP contribution in [0.3, 0.4) is 0 Å². The second-order valence-corrected chi connectivity index (χ2v) is 14.1. The molecule has 11 aromatic rings. The topological polar surface area (TPSA) is 16.4 Å². The number of benzene rings is 10. The van der Waals surface area contributed by atoms with Gasteiger partial charge in [-0.1, -0.05) is 152 Å². The summed E-state index contributed by atoms with van der Waals surface area (Å²) in [6.45, 7) is 0. The molecule has 0 aliphatic heterocycles. The predicted octanol–water partition coefficient (Wildman–Crippen LogP) is 15.0. The Hall–Kier alpha value is -7.16. The normalized spacial score (nSPS) is 11.7. The van der Waals surface area contributed by atoms with Gasteiger partial charge in [0, 0.05) is 27.5 Å². The van der Waals surface area contributed by atoms with Crippen molar-refractivity contribution in [1.29, 1.82) is 0 Å². The Balaban J connectivity index is 1.08. The van der Waals surface area contributed by atoms with Crippen molar-refractivity contribution in [3.05, 3.63) is 200 Å². The Bertz CT molecular complexity index is 3190. The van der Waals surface area contributed by atoms with E-state index in [9.17, 15) is 0 Å². The Kier molecular flexibility index (Phi) is 6.90. The lowest BCUT2D eigenvalue weighted by atomic mass is 9.91. The first-order chi connectivity index (χ1) is 26.8. The van der Waals surface area contributed by atoms with Crippen LogP contribution in [0.5, 0.6) is 0 Å². The molecule has 0 bridgehead atoms. The summed E-state index contributed by atoms with van der Waals surface area (Å²) in [4.78, 5) is 2.38. The maximum atomic E-state index is 6.41. The zero-order valence-corrected chi connectivity index (χ0v) is 29.4. The van der Waals surface area contributed by atoms with Crippen LogP contribution in [0.1, 0.15) is 0 Å². The van der Waals surface area contributed by atoms with Gasteiger partial charge in [0.1, 0.15) is 11.2 Å². The van der Waals surface area contributed by atoms with Gasteiger partial charge in [-0.05, 0) is 108 Å². The fourth-order valence-corrected chi connectivity index (χ4v) is 8.44. The van der Waals surface area contributed by atoms with E-state index in [0.717, 1.165) is 44.4 Å². The Morgan fingerprint density at radius 2 is 0.944 bits per heavy atom. The van der Waals surface area contributed by atoms with Crippen molar-refractivity contribution in [3.8, 4) is 22.3 Å². The highest BCUT2D eigenvalue weighted by Crippen LogP contribution is 2.43.